The van der Waals surface area contributed by atoms with E-state index in [1.807, 2.05) is 19.2 Å². The average molecular weight is 252 g/mol. The highest BCUT2D eigenvalue weighted by Gasteiger charge is 2.15. The van der Waals surface area contributed by atoms with Gasteiger partial charge in [0.05, 0.1) is 14.2 Å². The summed E-state index contributed by atoms with van der Waals surface area (Å²) in [6, 6.07) is 6.25. The summed E-state index contributed by atoms with van der Waals surface area (Å²) in [7, 11) is 9.49. The highest BCUT2D eigenvalue weighted by molar-refractivity contribution is 5.42. The maximum atomic E-state index is 5.44. The van der Waals surface area contributed by atoms with E-state index in [1.54, 1.807) is 14.2 Å². The molecule has 1 aromatic rings. The molecule has 1 N–H and O–H groups in total. The van der Waals surface area contributed by atoms with Crippen molar-refractivity contribution in [2.45, 2.75) is 12.5 Å². The summed E-state index contributed by atoms with van der Waals surface area (Å²) >= 11 is 0. The van der Waals surface area contributed by atoms with Gasteiger partial charge < -0.3 is 19.7 Å². The summed E-state index contributed by atoms with van der Waals surface area (Å²) in [4.78, 5) is 2.18. The van der Waals surface area contributed by atoms with Crippen LogP contribution in [0.1, 0.15) is 18.0 Å². The van der Waals surface area contributed by atoms with Crippen LogP contribution in [0, 0.1) is 0 Å². The van der Waals surface area contributed by atoms with Gasteiger partial charge in [-0.1, -0.05) is 6.07 Å². The molecular weight excluding hydrogens is 228 g/mol. The largest absolute Gasteiger partial charge is 0.497 e. The molecule has 1 aromatic carbocycles. The molecule has 0 heterocycles. The van der Waals surface area contributed by atoms with Crippen molar-refractivity contribution in [1.29, 1.82) is 0 Å². The van der Waals surface area contributed by atoms with Crippen LogP contribution in [-0.2, 0) is 0 Å². The zero-order valence-corrected chi connectivity index (χ0v) is 12.0. The number of hydrogen-bond acceptors (Lipinski definition) is 4. The van der Waals surface area contributed by atoms with Crippen molar-refractivity contribution >= 4 is 0 Å². The van der Waals surface area contributed by atoms with Gasteiger partial charge in [0.2, 0.25) is 0 Å². The first-order chi connectivity index (χ1) is 8.62. The van der Waals surface area contributed by atoms with E-state index < -0.39 is 0 Å². The fourth-order valence-corrected chi connectivity index (χ4v) is 1.95. The first kappa shape index (κ1) is 14.8. The molecule has 0 aromatic heterocycles. The second kappa shape index (κ2) is 7.24. The fraction of sp³-hybridized carbons (Fsp3) is 0.571. The molecule has 1 unspecified atom stereocenters. The molecule has 0 bridgehead atoms. The lowest BCUT2D eigenvalue weighted by Gasteiger charge is -2.21. The van der Waals surface area contributed by atoms with Gasteiger partial charge in [0, 0.05) is 17.7 Å². The zero-order chi connectivity index (χ0) is 13.5. The second-order valence-electron chi connectivity index (χ2n) is 4.54. The Kier molecular flexibility index (Phi) is 5.95. The van der Waals surface area contributed by atoms with Crippen LogP contribution in [0.15, 0.2) is 18.2 Å². The summed E-state index contributed by atoms with van der Waals surface area (Å²) in [5.74, 6) is 1.69. The molecular formula is C14H24N2O2. The monoisotopic (exact) mass is 252 g/mol. The van der Waals surface area contributed by atoms with E-state index in [0.29, 0.717) is 0 Å². The highest BCUT2D eigenvalue weighted by atomic mass is 16.5. The van der Waals surface area contributed by atoms with Gasteiger partial charge in [-0.05, 0) is 40.2 Å². The maximum Gasteiger partial charge on any atom is 0.127 e. The van der Waals surface area contributed by atoms with Crippen LogP contribution in [0.4, 0.5) is 0 Å². The molecule has 4 nitrogen and oxygen atoms in total. The number of hydrogen-bond donors (Lipinski definition) is 1. The maximum absolute atomic E-state index is 5.44. The van der Waals surface area contributed by atoms with E-state index in [0.717, 1.165) is 24.5 Å². The van der Waals surface area contributed by atoms with E-state index in [-0.39, 0.29) is 6.04 Å². The molecule has 1 atom stereocenters. The number of nitrogens with zero attached hydrogens (tertiary/aromatic N) is 1. The molecule has 0 fully saturated rings. The SMILES string of the molecule is CNC(CCN(C)C)c1ccc(OC)cc1OC. The van der Waals surface area contributed by atoms with Gasteiger partial charge in [0.1, 0.15) is 11.5 Å². The van der Waals surface area contributed by atoms with Gasteiger partial charge in [0.25, 0.3) is 0 Å². The van der Waals surface area contributed by atoms with Crippen molar-refractivity contribution in [3.63, 3.8) is 0 Å². The molecule has 0 spiro atoms. The van der Waals surface area contributed by atoms with E-state index in [2.05, 4.69) is 30.4 Å². The average Bonchev–Trinajstić information content (AvgIpc) is 2.39. The van der Waals surface area contributed by atoms with Crippen LogP contribution in [0.5, 0.6) is 11.5 Å². The number of methoxy groups -OCH3 is 2. The summed E-state index contributed by atoms with van der Waals surface area (Å²) in [5.41, 5.74) is 1.17. The van der Waals surface area contributed by atoms with Gasteiger partial charge in [-0.15, -0.1) is 0 Å². The molecule has 0 amide bonds. The molecule has 0 radical (unpaired) electrons. The fourth-order valence-electron chi connectivity index (χ4n) is 1.95. The Morgan fingerprint density at radius 2 is 1.94 bits per heavy atom. The standard InChI is InChI=1S/C14H24N2O2/c1-15-13(8-9-16(2)3)12-7-6-11(17-4)10-14(12)18-5/h6-7,10,13,15H,8-9H2,1-5H3. The Hall–Kier alpha value is -1.26. The highest BCUT2D eigenvalue weighted by Crippen LogP contribution is 2.30. The minimum Gasteiger partial charge on any atom is -0.497 e. The quantitative estimate of drug-likeness (QED) is 0.804. The molecule has 18 heavy (non-hydrogen) atoms. The Morgan fingerprint density at radius 1 is 1.22 bits per heavy atom. The third-order valence-electron chi connectivity index (χ3n) is 3.03. The Balaban J connectivity index is 2.90. The van der Waals surface area contributed by atoms with Gasteiger partial charge in [0.15, 0.2) is 0 Å². The van der Waals surface area contributed by atoms with Crippen molar-refractivity contribution in [3.8, 4) is 11.5 Å². The molecule has 0 saturated heterocycles. The lowest BCUT2D eigenvalue weighted by atomic mass is 10.0. The molecule has 0 aliphatic rings. The lowest BCUT2D eigenvalue weighted by Crippen LogP contribution is -2.23. The van der Waals surface area contributed by atoms with Crippen molar-refractivity contribution in [3.05, 3.63) is 23.8 Å². The van der Waals surface area contributed by atoms with Crippen LogP contribution in [0.3, 0.4) is 0 Å². The molecule has 0 aliphatic carbocycles. The minimum atomic E-state index is 0.285. The first-order valence-corrected chi connectivity index (χ1v) is 6.16. The van der Waals surface area contributed by atoms with Crippen LogP contribution in [-0.4, -0.2) is 46.8 Å². The number of rotatable bonds is 7. The summed E-state index contributed by atoms with van der Waals surface area (Å²) in [6.07, 6.45) is 1.03. The lowest BCUT2D eigenvalue weighted by molar-refractivity contribution is 0.355. The third kappa shape index (κ3) is 3.89. The molecule has 102 valence electrons. The molecule has 4 heteroatoms. The summed E-state index contributed by atoms with van der Waals surface area (Å²) in [5, 5.41) is 3.34. The van der Waals surface area contributed by atoms with E-state index in [1.165, 1.54) is 5.56 Å². The number of ether oxygens (including phenoxy) is 2. The normalized spacial score (nSPS) is 12.6. The van der Waals surface area contributed by atoms with E-state index in [4.69, 9.17) is 9.47 Å². The smallest absolute Gasteiger partial charge is 0.127 e. The van der Waals surface area contributed by atoms with Crippen LogP contribution in [0.25, 0.3) is 0 Å². The third-order valence-corrected chi connectivity index (χ3v) is 3.03. The topological polar surface area (TPSA) is 33.7 Å². The van der Waals surface area contributed by atoms with Gasteiger partial charge in [-0.3, -0.25) is 0 Å². The predicted molar refractivity (Wildman–Crippen MR) is 74.5 cm³/mol. The van der Waals surface area contributed by atoms with Crippen LogP contribution < -0.4 is 14.8 Å². The van der Waals surface area contributed by atoms with Crippen LogP contribution in [0.2, 0.25) is 0 Å². The molecule has 1 rings (SSSR count). The van der Waals surface area contributed by atoms with Gasteiger partial charge in [-0.2, -0.15) is 0 Å². The van der Waals surface area contributed by atoms with Crippen molar-refractivity contribution in [1.82, 2.24) is 10.2 Å². The van der Waals surface area contributed by atoms with E-state index in [9.17, 15) is 0 Å². The Bertz CT molecular complexity index is 367. The zero-order valence-electron chi connectivity index (χ0n) is 12.0. The number of benzene rings is 1. The van der Waals surface area contributed by atoms with E-state index >= 15 is 0 Å². The van der Waals surface area contributed by atoms with Gasteiger partial charge in [-0.25, -0.2) is 0 Å². The molecule has 0 saturated carbocycles. The molecule has 0 aliphatic heterocycles. The summed E-state index contributed by atoms with van der Waals surface area (Å²) < 4.78 is 10.7. The Morgan fingerprint density at radius 3 is 2.44 bits per heavy atom. The van der Waals surface area contributed by atoms with Crippen molar-refractivity contribution in [2.24, 2.45) is 0 Å². The first-order valence-electron chi connectivity index (χ1n) is 6.16. The van der Waals surface area contributed by atoms with Crippen molar-refractivity contribution in [2.75, 3.05) is 41.9 Å². The van der Waals surface area contributed by atoms with Gasteiger partial charge >= 0.3 is 0 Å². The predicted octanol–water partition coefficient (Wildman–Crippen LogP) is 1.92. The number of nitrogens with one attached hydrogen (secondary N) is 1. The second-order valence-corrected chi connectivity index (χ2v) is 4.54. The van der Waals surface area contributed by atoms with Crippen molar-refractivity contribution < 1.29 is 9.47 Å². The Labute approximate surface area is 110 Å². The minimum absolute atomic E-state index is 0.285. The summed E-state index contributed by atoms with van der Waals surface area (Å²) in [6.45, 7) is 1.03. The van der Waals surface area contributed by atoms with Crippen LogP contribution >= 0.6 is 0 Å².